The van der Waals surface area contributed by atoms with Crippen molar-refractivity contribution in [2.75, 3.05) is 34.3 Å². The van der Waals surface area contributed by atoms with Gasteiger partial charge in [0.05, 0.1) is 59.1 Å². The summed E-state index contributed by atoms with van der Waals surface area (Å²) < 4.78 is 34.1. The average molecular weight is 1030 g/mol. The van der Waals surface area contributed by atoms with E-state index in [1.807, 2.05) is 64.5 Å². The number of benzene rings is 1. The maximum Gasteiger partial charge on any atom is 0.309 e. The van der Waals surface area contributed by atoms with Crippen LogP contribution in [0.3, 0.4) is 0 Å². The monoisotopic (exact) mass is 1030 g/mol. The van der Waals surface area contributed by atoms with Crippen LogP contribution >= 0.6 is 0 Å². The van der Waals surface area contributed by atoms with Crippen molar-refractivity contribution < 1.29 is 54.0 Å². The molecule has 3 aliphatic rings. The van der Waals surface area contributed by atoms with E-state index in [2.05, 4.69) is 60.2 Å². The van der Waals surface area contributed by atoms with Crippen molar-refractivity contribution in [3.63, 3.8) is 0 Å². The molecular formula is C53H89N9O11. The van der Waals surface area contributed by atoms with Gasteiger partial charge in [-0.15, -0.1) is 5.10 Å². The molecule has 7 N–H and O–H groups in total. The lowest BCUT2D eigenvalue weighted by atomic mass is 9.68. The van der Waals surface area contributed by atoms with Gasteiger partial charge in [-0.05, 0) is 104 Å². The second kappa shape index (κ2) is 25.1. The molecule has 0 bridgehead atoms. The predicted molar refractivity (Wildman–Crippen MR) is 273 cm³/mol. The zero-order valence-corrected chi connectivity index (χ0v) is 45.7. The minimum absolute atomic E-state index is 0.165. The number of rotatable bonds is 16. The third-order valence-corrected chi connectivity index (χ3v) is 16.5. The van der Waals surface area contributed by atoms with Gasteiger partial charge >= 0.3 is 5.97 Å². The van der Waals surface area contributed by atoms with Crippen molar-refractivity contribution in [2.45, 2.75) is 211 Å². The molecule has 3 fully saturated rings. The molecule has 20 heteroatoms. The van der Waals surface area contributed by atoms with Gasteiger partial charge in [-0.2, -0.15) is 15.4 Å². The summed E-state index contributed by atoms with van der Waals surface area (Å²) in [5.74, 6) is -3.10. The Bertz CT molecular complexity index is 2150. The number of ether oxygens (including phenoxy) is 5. The van der Waals surface area contributed by atoms with Gasteiger partial charge in [0.15, 0.2) is 6.29 Å². The number of aliphatic hydroxyl groups is 5. The molecule has 6 rings (SSSR count). The van der Waals surface area contributed by atoms with Crippen LogP contribution in [0.15, 0.2) is 36.7 Å². The fraction of sp³-hybridized carbons (Fsp3) is 0.792. The van der Waals surface area contributed by atoms with Crippen molar-refractivity contribution in [3.05, 3.63) is 59.2 Å². The first-order valence-corrected chi connectivity index (χ1v) is 26.5. The summed E-state index contributed by atoms with van der Waals surface area (Å²) in [5.41, 5.74) is -0.375. The van der Waals surface area contributed by atoms with E-state index < -0.39 is 95.6 Å². The Morgan fingerprint density at radius 2 is 1.64 bits per heavy atom. The van der Waals surface area contributed by atoms with Crippen molar-refractivity contribution in [3.8, 4) is 0 Å². The molecule has 3 saturated heterocycles. The Hall–Kier alpha value is -3.51. The van der Waals surface area contributed by atoms with Crippen molar-refractivity contribution in [2.24, 2.45) is 23.7 Å². The second-order valence-corrected chi connectivity index (χ2v) is 22.6. The first-order valence-electron chi connectivity index (χ1n) is 26.5. The fourth-order valence-corrected chi connectivity index (χ4v) is 11.9. The molecule has 0 amide bonds. The highest BCUT2D eigenvalue weighted by atomic mass is 16.7. The smallest absolute Gasteiger partial charge is 0.309 e. The second-order valence-electron chi connectivity index (χ2n) is 22.6. The summed E-state index contributed by atoms with van der Waals surface area (Å²) in [6.45, 7) is 21.1. The van der Waals surface area contributed by atoms with E-state index in [-0.39, 0.29) is 37.3 Å². The van der Waals surface area contributed by atoms with Crippen LogP contribution in [-0.2, 0) is 61.0 Å². The molecule has 0 radical (unpaired) electrons. The number of aliphatic hydroxyl groups excluding tert-OH is 3. The van der Waals surface area contributed by atoms with Gasteiger partial charge in [0.25, 0.3) is 0 Å². The number of likely N-dealkylation sites (N-methyl/N-ethyl adjacent to an activating group) is 2. The van der Waals surface area contributed by atoms with E-state index in [1.165, 1.54) is 25.2 Å². The Kier molecular flexibility index (Phi) is 20.2. The highest BCUT2D eigenvalue weighted by Gasteiger charge is 2.55. The van der Waals surface area contributed by atoms with Crippen LogP contribution in [0, 0.1) is 23.7 Å². The summed E-state index contributed by atoms with van der Waals surface area (Å²) in [7, 11) is 5.36. The number of aromatic amines is 1. The van der Waals surface area contributed by atoms with E-state index in [0.717, 1.165) is 24.4 Å². The fourth-order valence-electron chi connectivity index (χ4n) is 11.9. The van der Waals surface area contributed by atoms with Crippen LogP contribution in [0.1, 0.15) is 117 Å². The van der Waals surface area contributed by atoms with Gasteiger partial charge in [-0.3, -0.25) is 9.48 Å². The van der Waals surface area contributed by atoms with Gasteiger partial charge < -0.3 is 64.3 Å². The van der Waals surface area contributed by atoms with Crippen molar-refractivity contribution in [1.82, 2.24) is 45.5 Å². The first kappa shape index (κ1) is 58.7. The molecule has 0 saturated carbocycles. The highest BCUT2D eigenvalue weighted by Crippen LogP contribution is 2.45. The number of carbonyl (C=O) groups excluding carboxylic acids is 1. The first-order chi connectivity index (χ1) is 34.4. The van der Waals surface area contributed by atoms with Crippen LogP contribution in [-0.4, -0.2) is 190 Å². The molecule has 0 aliphatic carbocycles. The van der Waals surface area contributed by atoms with Crippen molar-refractivity contribution >= 4 is 5.97 Å². The van der Waals surface area contributed by atoms with Crippen LogP contribution < -0.4 is 5.32 Å². The number of hydrogen-bond acceptors (Lipinski definition) is 18. The third-order valence-electron chi connectivity index (χ3n) is 16.5. The summed E-state index contributed by atoms with van der Waals surface area (Å²) >= 11 is 0. The molecule has 3 aliphatic heterocycles. The number of carbonyl (C=O) groups is 1. The van der Waals surface area contributed by atoms with Gasteiger partial charge in [-0.25, -0.2) is 0 Å². The Labute approximate surface area is 432 Å². The summed E-state index contributed by atoms with van der Waals surface area (Å²) in [6.07, 6.45) is -2.18. The van der Waals surface area contributed by atoms with Crippen LogP contribution in [0.5, 0.6) is 0 Å². The van der Waals surface area contributed by atoms with Gasteiger partial charge in [0, 0.05) is 76.9 Å². The molecule has 3 aromatic rings. The third kappa shape index (κ3) is 14.3. The summed E-state index contributed by atoms with van der Waals surface area (Å²) in [5, 5.41) is 83.0. The maximum absolute atomic E-state index is 14.6. The lowest BCUT2D eigenvalue weighted by molar-refractivity contribution is -0.302. The molecule has 0 spiro atoms. The number of aryl methyl sites for hydroxylation is 2. The summed E-state index contributed by atoms with van der Waals surface area (Å²) in [6, 6.07) is 7.57. The molecular weight excluding hydrogens is 939 g/mol. The summed E-state index contributed by atoms with van der Waals surface area (Å²) in [4.78, 5) is 18.7. The zero-order chi connectivity index (χ0) is 53.6. The largest absolute Gasteiger partial charge is 0.459 e. The van der Waals surface area contributed by atoms with E-state index in [0.29, 0.717) is 39.0 Å². The lowest BCUT2D eigenvalue weighted by Gasteiger charge is -2.51. The van der Waals surface area contributed by atoms with Gasteiger partial charge in [0.2, 0.25) is 0 Å². The topological polar surface area (TPSA) is 255 Å². The van der Waals surface area contributed by atoms with Crippen LogP contribution in [0.2, 0.25) is 0 Å². The predicted octanol–water partition coefficient (Wildman–Crippen LogP) is 3.03. The molecule has 18 atom stereocenters. The van der Waals surface area contributed by atoms with Crippen molar-refractivity contribution in [1.29, 1.82) is 0 Å². The molecule has 412 valence electrons. The molecule has 1 aromatic carbocycles. The maximum atomic E-state index is 14.6. The molecule has 5 heterocycles. The van der Waals surface area contributed by atoms with Gasteiger partial charge in [0.1, 0.15) is 30.0 Å². The molecule has 1 unspecified atom stereocenters. The quantitative estimate of drug-likeness (QED) is 0.102. The molecule has 20 nitrogen and oxygen atoms in total. The van der Waals surface area contributed by atoms with Crippen LogP contribution in [0.25, 0.3) is 0 Å². The van der Waals surface area contributed by atoms with Gasteiger partial charge in [-0.1, -0.05) is 57.2 Å². The average Bonchev–Trinajstić information content (AvgIpc) is 4.05. The number of H-pyrrole nitrogens is 1. The SMILES string of the molecule is CC[C@H]1OC(=O)[C@H](C)[C@@H](C2C[C@@](C)(OC)[C@@H](O)[C@H](C)O2)[C@H](C)[C@@H](O[C@@H]2O[C@H](C)C[C@H](N(C)CCc3cn(CCc4ccc(CNCc5cn[nH]n5)cc4)nn3)[C@H]2O)[C@](C)(O)C[C@@H](C)CN(C)[C@H](C)[C@@H](O)[C@]1(C)O. The number of cyclic esters (lactones) is 1. The number of esters is 1. The normalized spacial score (nSPS) is 38.7. The number of aromatic nitrogens is 6. The molecule has 73 heavy (non-hydrogen) atoms. The Balaban J connectivity index is 1.20. The van der Waals surface area contributed by atoms with E-state index in [1.54, 1.807) is 33.9 Å². The van der Waals surface area contributed by atoms with E-state index in [4.69, 9.17) is 23.7 Å². The Morgan fingerprint density at radius 3 is 2.30 bits per heavy atom. The standard InChI is InChI=1S/C53H89N9O11/c1-14-43-53(10,68)46(64)35(6)61(12)29-31(2)24-51(8,67)48(33(4)44(34(5)49(66)72-43)42-25-52(9,69-13)47(65)36(7)71-42)73-50-45(63)41(23-32(3)70-50)60(11)21-20-39-30-62(59-57-39)22-19-37-15-17-38(18-16-37)26-54-27-40-28-55-58-56-40/h15-18,28,30-36,41-48,50,54,63-65,67-68H,14,19-27,29H2,1-13H3,(H,55,56,58)/t31-,32-,33+,34-,35-,36+,41+,42?,43-,44+,45-,46-,47+,48-,50+,51-,52-,53-/m1/s1. The highest BCUT2D eigenvalue weighted by molar-refractivity contribution is 5.73. The number of nitrogens with zero attached hydrogens (tertiary/aromatic N) is 7. The number of nitrogens with one attached hydrogen (secondary N) is 2. The zero-order valence-electron chi connectivity index (χ0n) is 45.7. The lowest BCUT2D eigenvalue weighted by Crippen LogP contribution is -2.62. The molecule has 2 aromatic heterocycles. The minimum atomic E-state index is -1.81. The number of methoxy groups -OCH3 is 1. The minimum Gasteiger partial charge on any atom is -0.459 e. The van der Waals surface area contributed by atoms with E-state index in [9.17, 15) is 30.3 Å². The number of hydrogen-bond donors (Lipinski definition) is 7. The van der Waals surface area contributed by atoms with E-state index >= 15 is 0 Å². The Morgan fingerprint density at radius 1 is 0.945 bits per heavy atom. The van der Waals surface area contributed by atoms with Crippen LogP contribution in [0.4, 0.5) is 0 Å².